The van der Waals surface area contributed by atoms with E-state index in [0.29, 0.717) is 66.3 Å². The molecule has 5 N–H and O–H groups in total. The summed E-state index contributed by atoms with van der Waals surface area (Å²) in [5.41, 5.74) is 14.4. The Morgan fingerprint density at radius 3 is 1.21 bits per heavy atom. The van der Waals surface area contributed by atoms with Gasteiger partial charge in [-0.15, -0.1) is 0 Å². The molecule has 0 spiro atoms. The van der Waals surface area contributed by atoms with Crippen molar-refractivity contribution in [1.29, 1.82) is 0 Å². The van der Waals surface area contributed by atoms with Crippen molar-refractivity contribution in [2.24, 2.45) is 21.1 Å². The van der Waals surface area contributed by atoms with E-state index in [4.69, 9.17) is 46.6 Å². The van der Waals surface area contributed by atoms with E-state index in [1.54, 1.807) is 129 Å². The van der Waals surface area contributed by atoms with Gasteiger partial charge in [0, 0.05) is 111 Å². The Balaban J connectivity index is 0.000000196. The van der Waals surface area contributed by atoms with Crippen LogP contribution in [0.25, 0.3) is 54.6 Å². The molecule has 542 valence electrons. The number of ether oxygens (including phenoxy) is 3. The SMILES string of the molecule is C.C.C=CC(=O)Cl.C=CC(=O)Nc1ccc(Oc2c(F)cccc2F)c(-c2cn(C)c(=O)c3ccccc23)c1.CC1(C)OB(c2cc(N)ccc2Oc2c(F)cccc2F)OC1(C)C.Cn1cc(-c2cc(N)ccc2Oc2c(F)cccc2F)c2ccccc2c1=O.Cn1cc(Br)c2ccccc2c1=O. The Morgan fingerprint density at radius 1 is 0.476 bits per heavy atom. The summed E-state index contributed by atoms with van der Waals surface area (Å²) in [6, 6.07) is 46.4. The van der Waals surface area contributed by atoms with Crippen LogP contribution in [0.2, 0.25) is 0 Å². The maximum absolute atomic E-state index is 14.3. The van der Waals surface area contributed by atoms with Crippen LogP contribution in [-0.4, -0.2) is 43.2 Å². The van der Waals surface area contributed by atoms with Crippen molar-refractivity contribution in [3.63, 3.8) is 0 Å². The third kappa shape index (κ3) is 18.7. The van der Waals surface area contributed by atoms with Crippen molar-refractivity contribution in [1.82, 2.24) is 13.7 Å². The molecule has 105 heavy (non-hydrogen) atoms. The highest BCUT2D eigenvalue weighted by atomic mass is 79.9. The molecule has 1 saturated heterocycles. The Bertz CT molecular complexity index is 5390. The van der Waals surface area contributed by atoms with Crippen molar-refractivity contribution in [2.75, 3.05) is 16.8 Å². The normalized spacial score (nSPS) is 12.2. The van der Waals surface area contributed by atoms with E-state index in [0.717, 1.165) is 63.8 Å². The standard InChI is InChI=1S/C25H18F2N2O3.C22H16F2N2O2.C18H20BF2NO3.C10H8BrNO.C3H3ClO.2CH4/c1-3-23(30)28-15-11-12-22(32-24-20(26)9-6-10-21(24)27)18(13-15)19-14-29(2)25(31)17-8-5-4-7-16(17)19;1-26-12-17(14-5-2-3-6-15(14)22(26)27)16-11-13(25)9-10-20(16)28-21-18(23)7-4-8-19(21)24;1-17(2)18(3,4)25-19(24-17)12-10-11(22)8-9-15(12)23-16-13(20)6-5-7-14(16)21;1-12-6-9(11)7-4-2-3-5-8(7)10(12)13;1-2-3(4)5;;/h3-14H,1H2,2H3,(H,28,30);2-12H,25H2,1H3;5-10H,22H2,1-4H3;2-6H,1H3;2H,1H2;2*1H4. The molecule has 0 atom stereocenters. The van der Waals surface area contributed by atoms with Crippen LogP contribution in [0, 0.1) is 34.9 Å². The number of nitrogens with two attached hydrogens (primary N) is 2. The van der Waals surface area contributed by atoms with Crippen LogP contribution in [-0.2, 0) is 40.0 Å². The van der Waals surface area contributed by atoms with Gasteiger partial charge in [0.1, 0.15) is 17.2 Å². The molecule has 16 nitrogen and oxygen atoms in total. The lowest BCUT2D eigenvalue weighted by molar-refractivity contribution is -0.112. The van der Waals surface area contributed by atoms with E-state index >= 15 is 0 Å². The lowest BCUT2D eigenvalue weighted by Gasteiger charge is -2.32. The van der Waals surface area contributed by atoms with Crippen molar-refractivity contribution < 1.29 is 59.5 Å². The Hall–Kier alpha value is -11.4. The maximum atomic E-state index is 14.3. The Kier molecular flexibility index (Phi) is 26.7. The molecular weight excluding hydrogens is 1450 g/mol. The van der Waals surface area contributed by atoms with Gasteiger partial charge >= 0.3 is 7.12 Å². The molecule has 12 aromatic rings. The quantitative estimate of drug-likeness (QED) is 0.0343. The molecule has 0 aliphatic carbocycles. The summed E-state index contributed by atoms with van der Waals surface area (Å²) in [5, 5.41) is 6.17. The fourth-order valence-corrected chi connectivity index (χ4v) is 11.1. The number of nitrogen functional groups attached to an aromatic ring is 2. The first-order chi connectivity index (χ1) is 48.9. The van der Waals surface area contributed by atoms with Crippen LogP contribution in [0.3, 0.4) is 0 Å². The van der Waals surface area contributed by atoms with E-state index in [1.807, 2.05) is 64.1 Å². The zero-order valence-corrected chi connectivity index (χ0v) is 58.6. The number of carbonyl (C=O) groups excluding carboxylic acids is 2. The number of anilines is 3. The second-order valence-electron chi connectivity index (χ2n) is 24.0. The first kappa shape index (κ1) is 80.9. The highest BCUT2D eigenvalue weighted by Gasteiger charge is 2.52. The minimum atomic E-state index is -0.856. The number of nitrogens with one attached hydrogen (secondary N) is 1. The van der Waals surface area contributed by atoms with Crippen molar-refractivity contribution in [3.05, 3.63) is 296 Å². The van der Waals surface area contributed by atoms with E-state index in [-0.39, 0.29) is 48.8 Å². The highest BCUT2D eigenvalue weighted by Crippen LogP contribution is 2.43. The number of halogens is 8. The number of amides is 1. The zero-order chi connectivity index (χ0) is 74.8. The molecule has 3 aromatic heterocycles. The molecule has 13 rings (SSSR count). The van der Waals surface area contributed by atoms with Crippen molar-refractivity contribution in [2.45, 2.75) is 53.8 Å². The molecule has 0 saturated carbocycles. The Labute approximate surface area is 615 Å². The molecule has 1 aliphatic rings. The molecule has 0 bridgehead atoms. The van der Waals surface area contributed by atoms with E-state index in [2.05, 4.69) is 34.4 Å². The summed E-state index contributed by atoms with van der Waals surface area (Å²) in [6.45, 7) is 14.2. The monoisotopic (exact) mass is 1520 g/mol. The number of aryl methyl sites for hydroxylation is 3. The number of pyridine rings is 3. The number of allylic oxidation sites excluding steroid dienone is 1. The number of rotatable bonds is 12. The van der Waals surface area contributed by atoms with Gasteiger partial charge in [-0.3, -0.25) is 24.0 Å². The first-order valence-corrected chi connectivity index (χ1v) is 32.4. The fraction of sp³-hybridized carbons (Fsp3) is 0.138. The lowest BCUT2D eigenvalue weighted by Crippen LogP contribution is -2.41. The van der Waals surface area contributed by atoms with Gasteiger partial charge in [0.15, 0.2) is 52.2 Å². The van der Waals surface area contributed by atoms with Crippen LogP contribution in [0.5, 0.6) is 34.5 Å². The third-order valence-electron chi connectivity index (χ3n) is 16.3. The number of benzene rings is 9. The molecule has 1 amide bonds. The predicted molar refractivity (Wildman–Crippen MR) is 410 cm³/mol. The van der Waals surface area contributed by atoms with Crippen LogP contribution in [0.4, 0.5) is 43.4 Å². The fourth-order valence-electron chi connectivity index (χ4n) is 10.5. The van der Waals surface area contributed by atoms with Gasteiger partial charge in [0.25, 0.3) is 16.7 Å². The molecule has 0 unspecified atom stereocenters. The minimum Gasteiger partial charge on any atom is -0.452 e. The summed E-state index contributed by atoms with van der Waals surface area (Å²) in [4.78, 5) is 57.9. The molecule has 0 radical (unpaired) electrons. The van der Waals surface area contributed by atoms with Crippen LogP contribution in [0.15, 0.2) is 245 Å². The third-order valence-corrected chi connectivity index (χ3v) is 17.1. The number of para-hydroxylation sites is 3. The number of hydrogen-bond acceptors (Lipinski definition) is 12. The number of nitrogens with zero attached hydrogens (tertiary/aromatic N) is 3. The molecule has 25 heteroatoms. The lowest BCUT2D eigenvalue weighted by atomic mass is 9.78. The van der Waals surface area contributed by atoms with Gasteiger partial charge in [0.2, 0.25) is 11.1 Å². The number of aromatic nitrogens is 3. The van der Waals surface area contributed by atoms with Gasteiger partial charge in [-0.25, -0.2) is 26.3 Å². The molecule has 4 heterocycles. The number of carbonyl (C=O) groups is 2. The van der Waals surface area contributed by atoms with Gasteiger partial charge in [-0.2, -0.15) is 0 Å². The smallest absolute Gasteiger partial charge is 0.452 e. The zero-order valence-electron chi connectivity index (χ0n) is 56.3. The van der Waals surface area contributed by atoms with E-state index < -0.39 is 81.6 Å². The first-order valence-electron chi connectivity index (χ1n) is 31.2. The average molecular weight is 1520 g/mol. The van der Waals surface area contributed by atoms with Gasteiger partial charge in [-0.05, 0) is 187 Å². The second-order valence-corrected chi connectivity index (χ2v) is 25.2. The molecular formula is C80H73BBrClF6N6O10. The van der Waals surface area contributed by atoms with E-state index in [9.17, 15) is 50.3 Å². The van der Waals surface area contributed by atoms with Gasteiger partial charge in [0.05, 0.1) is 11.2 Å². The van der Waals surface area contributed by atoms with E-state index in [1.165, 1.54) is 33.4 Å². The van der Waals surface area contributed by atoms with Crippen LogP contribution >= 0.6 is 27.5 Å². The summed E-state index contributed by atoms with van der Waals surface area (Å²) in [7, 11) is 4.23. The van der Waals surface area contributed by atoms with Crippen LogP contribution in [0.1, 0.15) is 42.5 Å². The minimum absolute atomic E-state index is 0. The summed E-state index contributed by atoms with van der Waals surface area (Å²) >= 11 is 8.13. The number of fused-ring (bicyclic) bond motifs is 3. The summed E-state index contributed by atoms with van der Waals surface area (Å²) in [5.74, 6) is -6.29. The van der Waals surface area contributed by atoms with Crippen molar-refractivity contribution >= 4 is 101 Å². The summed E-state index contributed by atoms with van der Waals surface area (Å²) < 4.78 is 119. The van der Waals surface area contributed by atoms with Crippen LogP contribution < -0.4 is 53.1 Å². The second kappa shape index (κ2) is 34.7. The molecule has 1 aliphatic heterocycles. The maximum Gasteiger partial charge on any atom is 0.498 e. The van der Waals surface area contributed by atoms with Gasteiger partial charge < -0.3 is 54.0 Å². The van der Waals surface area contributed by atoms with Gasteiger partial charge in [-0.1, -0.05) is 101 Å². The number of hydrogen-bond donors (Lipinski definition) is 3. The average Bonchev–Trinajstić information content (AvgIpc) is 1.75. The summed E-state index contributed by atoms with van der Waals surface area (Å²) in [6.07, 6.45) is 7.22. The highest BCUT2D eigenvalue weighted by molar-refractivity contribution is 9.10. The largest absolute Gasteiger partial charge is 0.498 e. The van der Waals surface area contributed by atoms with Crippen molar-refractivity contribution in [3.8, 4) is 56.8 Å². The Morgan fingerprint density at radius 2 is 0.810 bits per heavy atom. The molecule has 9 aromatic carbocycles. The molecule has 1 fully saturated rings. The topological polar surface area (TPSA) is 210 Å². The predicted octanol–water partition coefficient (Wildman–Crippen LogP) is 18.4.